The molecule has 0 aromatic heterocycles. The number of rotatable bonds is 13. The van der Waals surface area contributed by atoms with Crippen molar-refractivity contribution in [1.29, 1.82) is 0 Å². The van der Waals surface area contributed by atoms with Crippen LogP contribution in [0, 0.1) is 5.92 Å². The van der Waals surface area contributed by atoms with Gasteiger partial charge in [0.05, 0.1) is 18.8 Å². The molecule has 5 unspecified atom stereocenters. The van der Waals surface area contributed by atoms with Crippen LogP contribution in [0.15, 0.2) is 0 Å². The van der Waals surface area contributed by atoms with Gasteiger partial charge in [-0.05, 0) is 31.3 Å². The largest absolute Gasteiger partial charge is 0.480 e. The van der Waals surface area contributed by atoms with Crippen LogP contribution in [-0.4, -0.2) is 87.9 Å². The average Bonchev–Trinajstić information content (AvgIpc) is 2.64. The van der Waals surface area contributed by atoms with Crippen molar-refractivity contribution < 1.29 is 34.5 Å². The second-order valence-electron chi connectivity index (χ2n) is 6.93. The molecule has 12 heteroatoms. The molecule has 29 heavy (non-hydrogen) atoms. The summed E-state index contributed by atoms with van der Waals surface area (Å²) in [6, 6.07) is -4.97. The number of amides is 3. The van der Waals surface area contributed by atoms with Gasteiger partial charge in [0.1, 0.15) is 18.1 Å². The molecule has 0 aliphatic rings. The summed E-state index contributed by atoms with van der Waals surface area (Å²) in [4.78, 5) is 48.0. The Morgan fingerprint density at radius 2 is 1.52 bits per heavy atom. The molecule has 0 saturated heterocycles. The molecule has 11 nitrogen and oxygen atoms in total. The number of carboxylic acid groups (broad SMARTS) is 1. The fourth-order valence-corrected chi connectivity index (χ4v) is 2.75. The van der Waals surface area contributed by atoms with Gasteiger partial charge in [-0.25, -0.2) is 4.79 Å². The van der Waals surface area contributed by atoms with Gasteiger partial charge in [0.15, 0.2) is 0 Å². The normalized spacial score (nSPS) is 16.3. The van der Waals surface area contributed by atoms with Crippen LogP contribution >= 0.6 is 11.8 Å². The molecule has 0 radical (unpaired) electrons. The summed E-state index contributed by atoms with van der Waals surface area (Å²) in [6.07, 6.45) is 0.862. The topological polar surface area (TPSA) is 191 Å². The lowest BCUT2D eigenvalue weighted by atomic mass is 10.0. The molecular formula is C17H32N4O7S. The summed E-state index contributed by atoms with van der Waals surface area (Å²) in [7, 11) is 0. The number of aliphatic hydroxyl groups is 2. The van der Waals surface area contributed by atoms with E-state index in [0.29, 0.717) is 12.2 Å². The second-order valence-corrected chi connectivity index (χ2v) is 7.91. The molecule has 3 amide bonds. The Morgan fingerprint density at radius 1 is 0.966 bits per heavy atom. The number of aliphatic carboxylic acids is 1. The number of carbonyl (C=O) groups excluding carboxylic acids is 3. The zero-order chi connectivity index (χ0) is 22.7. The van der Waals surface area contributed by atoms with Crippen LogP contribution in [0.5, 0.6) is 0 Å². The maximum atomic E-state index is 12.4. The summed E-state index contributed by atoms with van der Waals surface area (Å²) in [5, 5.41) is 35.2. The van der Waals surface area contributed by atoms with Crippen LogP contribution in [-0.2, 0) is 19.2 Å². The van der Waals surface area contributed by atoms with E-state index in [1.54, 1.807) is 13.8 Å². The molecule has 5 atom stereocenters. The fourth-order valence-electron chi connectivity index (χ4n) is 2.26. The highest BCUT2D eigenvalue weighted by molar-refractivity contribution is 7.98. The van der Waals surface area contributed by atoms with E-state index in [9.17, 15) is 34.5 Å². The molecule has 168 valence electrons. The van der Waals surface area contributed by atoms with Gasteiger partial charge >= 0.3 is 5.97 Å². The van der Waals surface area contributed by atoms with Gasteiger partial charge in [-0.15, -0.1) is 0 Å². The van der Waals surface area contributed by atoms with Crippen molar-refractivity contribution in [1.82, 2.24) is 16.0 Å². The third kappa shape index (κ3) is 9.43. The number of carbonyl (C=O) groups is 4. The Morgan fingerprint density at radius 3 is 1.93 bits per heavy atom. The summed E-state index contributed by atoms with van der Waals surface area (Å²) in [5.41, 5.74) is 5.72. The maximum Gasteiger partial charge on any atom is 0.326 e. The molecule has 0 aliphatic carbocycles. The summed E-state index contributed by atoms with van der Waals surface area (Å²) in [6.45, 7) is 3.66. The minimum Gasteiger partial charge on any atom is -0.480 e. The van der Waals surface area contributed by atoms with Crippen molar-refractivity contribution in [2.24, 2.45) is 11.7 Å². The average molecular weight is 437 g/mol. The highest BCUT2D eigenvalue weighted by Crippen LogP contribution is 2.04. The SMILES string of the molecule is CSCCC(N)C(=O)NC(CO)C(=O)NC(C(=O)NC(C(=O)O)C(C)C)C(C)O. The first-order chi connectivity index (χ1) is 13.5. The first kappa shape index (κ1) is 27.1. The molecule has 0 saturated carbocycles. The van der Waals surface area contributed by atoms with Gasteiger partial charge in [0.25, 0.3) is 0 Å². The summed E-state index contributed by atoms with van der Waals surface area (Å²) in [5.74, 6) is -3.53. The Labute approximate surface area is 174 Å². The van der Waals surface area contributed by atoms with E-state index < -0.39 is 66.5 Å². The van der Waals surface area contributed by atoms with Gasteiger partial charge in [-0.3, -0.25) is 14.4 Å². The van der Waals surface area contributed by atoms with Crippen LogP contribution in [0.4, 0.5) is 0 Å². The van der Waals surface area contributed by atoms with Crippen molar-refractivity contribution >= 4 is 35.5 Å². The Bertz CT molecular complexity index is 574. The lowest BCUT2D eigenvalue weighted by molar-refractivity contribution is -0.144. The van der Waals surface area contributed by atoms with E-state index >= 15 is 0 Å². The quantitative estimate of drug-likeness (QED) is 0.165. The molecule has 0 aliphatic heterocycles. The zero-order valence-electron chi connectivity index (χ0n) is 17.0. The second kappa shape index (κ2) is 13.4. The van der Waals surface area contributed by atoms with E-state index in [4.69, 9.17) is 5.73 Å². The minimum absolute atomic E-state index is 0.372. The molecular weight excluding hydrogens is 404 g/mol. The predicted molar refractivity (Wildman–Crippen MR) is 108 cm³/mol. The van der Waals surface area contributed by atoms with Crippen molar-refractivity contribution in [3.05, 3.63) is 0 Å². The predicted octanol–water partition coefficient (Wildman–Crippen LogP) is -2.37. The van der Waals surface area contributed by atoms with E-state index in [1.165, 1.54) is 18.7 Å². The van der Waals surface area contributed by atoms with Gasteiger partial charge in [0.2, 0.25) is 17.7 Å². The van der Waals surface area contributed by atoms with Crippen LogP contribution in [0.1, 0.15) is 27.2 Å². The molecule has 0 aromatic rings. The highest BCUT2D eigenvalue weighted by atomic mass is 32.2. The zero-order valence-corrected chi connectivity index (χ0v) is 17.9. The van der Waals surface area contributed by atoms with Gasteiger partial charge < -0.3 is 37.0 Å². The fraction of sp³-hybridized carbons (Fsp3) is 0.765. The molecule has 8 N–H and O–H groups in total. The van der Waals surface area contributed by atoms with Gasteiger partial charge in [-0.1, -0.05) is 13.8 Å². The summed E-state index contributed by atoms with van der Waals surface area (Å²) < 4.78 is 0. The molecule has 0 fully saturated rings. The van der Waals surface area contributed by atoms with E-state index in [2.05, 4.69) is 16.0 Å². The smallest absolute Gasteiger partial charge is 0.326 e. The monoisotopic (exact) mass is 436 g/mol. The number of nitrogens with two attached hydrogens (primary N) is 1. The Hall–Kier alpha value is -1.89. The number of nitrogens with one attached hydrogen (secondary N) is 3. The third-order valence-corrected chi connectivity index (χ3v) is 4.72. The van der Waals surface area contributed by atoms with E-state index in [-0.39, 0.29) is 0 Å². The third-order valence-electron chi connectivity index (χ3n) is 4.08. The minimum atomic E-state index is -1.49. The van der Waals surface area contributed by atoms with Crippen molar-refractivity contribution in [2.75, 3.05) is 18.6 Å². The summed E-state index contributed by atoms with van der Waals surface area (Å²) >= 11 is 1.50. The molecule has 0 rings (SSSR count). The Kier molecular flexibility index (Phi) is 12.5. The number of hydrogen-bond acceptors (Lipinski definition) is 8. The maximum absolute atomic E-state index is 12.4. The van der Waals surface area contributed by atoms with Crippen LogP contribution in [0.25, 0.3) is 0 Å². The van der Waals surface area contributed by atoms with E-state index in [1.807, 2.05) is 6.26 Å². The van der Waals surface area contributed by atoms with Crippen molar-refractivity contribution in [3.63, 3.8) is 0 Å². The lowest BCUT2D eigenvalue weighted by Gasteiger charge is -2.26. The van der Waals surface area contributed by atoms with Gasteiger partial charge in [-0.2, -0.15) is 11.8 Å². The number of carboxylic acids is 1. The molecule has 0 spiro atoms. The first-order valence-corrected chi connectivity index (χ1v) is 10.5. The van der Waals surface area contributed by atoms with E-state index in [0.717, 1.165) is 0 Å². The van der Waals surface area contributed by atoms with Crippen LogP contribution in [0.2, 0.25) is 0 Å². The van der Waals surface area contributed by atoms with Crippen LogP contribution < -0.4 is 21.7 Å². The van der Waals surface area contributed by atoms with Crippen LogP contribution in [0.3, 0.4) is 0 Å². The van der Waals surface area contributed by atoms with Gasteiger partial charge in [0, 0.05) is 0 Å². The molecule has 0 heterocycles. The van der Waals surface area contributed by atoms with Crippen molar-refractivity contribution in [2.45, 2.75) is 57.5 Å². The number of aliphatic hydroxyl groups excluding tert-OH is 2. The van der Waals surface area contributed by atoms with Crippen molar-refractivity contribution in [3.8, 4) is 0 Å². The number of hydrogen-bond donors (Lipinski definition) is 7. The lowest BCUT2D eigenvalue weighted by Crippen LogP contribution is -2.61. The highest BCUT2D eigenvalue weighted by Gasteiger charge is 2.33. The number of thioether (sulfide) groups is 1. The Balaban J connectivity index is 5.11. The standard InChI is InChI=1S/C17H32N4O7S/c1-8(2)12(17(27)28)20-16(26)13(9(3)23)21-15(25)11(7-22)19-14(24)10(18)5-6-29-4/h8-13,22-23H,5-7,18H2,1-4H3,(H,19,24)(H,20,26)(H,21,25)(H,27,28). The molecule has 0 aromatic carbocycles. The first-order valence-electron chi connectivity index (χ1n) is 9.13. The molecule has 0 bridgehead atoms.